The molecular formula is C17H27NO2. The highest BCUT2D eigenvalue weighted by Crippen LogP contribution is 2.28. The van der Waals surface area contributed by atoms with Gasteiger partial charge in [0, 0.05) is 18.2 Å². The normalized spacial score (nSPS) is 24.4. The molecule has 3 atom stereocenters. The van der Waals surface area contributed by atoms with E-state index < -0.39 is 0 Å². The molecular weight excluding hydrogens is 250 g/mol. The van der Waals surface area contributed by atoms with Crippen LogP contribution in [0, 0.1) is 12.8 Å². The van der Waals surface area contributed by atoms with Crippen molar-refractivity contribution in [2.24, 2.45) is 5.92 Å². The molecule has 3 heteroatoms. The number of hydrogen-bond acceptors (Lipinski definition) is 3. The summed E-state index contributed by atoms with van der Waals surface area (Å²) in [5.74, 6) is 1.32. The summed E-state index contributed by atoms with van der Waals surface area (Å²) in [6.45, 7) is 5.13. The van der Waals surface area contributed by atoms with Gasteiger partial charge in [0.2, 0.25) is 0 Å². The maximum Gasteiger partial charge on any atom is 0.123 e. The number of aliphatic hydroxyl groups excluding tert-OH is 1. The molecule has 3 unspecified atom stereocenters. The molecule has 1 aromatic rings. The smallest absolute Gasteiger partial charge is 0.123 e. The van der Waals surface area contributed by atoms with Gasteiger partial charge >= 0.3 is 0 Å². The van der Waals surface area contributed by atoms with Crippen molar-refractivity contribution in [1.82, 2.24) is 5.32 Å². The lowest BCUT2D eigenvalue weighted by Crippen LogP contribution is -2.35. The number of nitrogens with one attached hydrogen (secondary N) is 1. The van der Waals surface area contributed by atoms with E-state index in [0.717, 1.165) is 25.1 Å². The highest BCUT2D eigenvalue weighted by atomic mass is 16.5. The van der Waals surface area contributed by atoms with Gasteiger partial charge in [0.25, 0.3) is 0 Å². The number of aryl methyl sites for hydroxylation is 1. The number of ether oxygens (including phenoxy) is 1. The zero-order valence-corrected chi connectivity index (χ0v) is 12.9. The molecule has 20 heavy (non-hydrogen) atoms. The molecule has 0 aromatic heterocycles. The molecule has 0 aliphatic heterocycles. The second-order valence-electron chi connectivity index (χ2n) is 5.99. The van der Waals surface area contributed by atoms with E-state index in [1.54, 1.807) is 7.11 Å². The SMILES string of the molecule is COc1ccc(C)cc1C(C)NCC1CCCCC1O. The topological polar surface area (TPSA) is 41.5 Å². The van der Waals surface area contributed by atoms with Crippen LogP contribution >= 0.6 is 0 Å². The van der Waals surface area contributed by atoms with Gasteiger partial charge in [0.1, 0.15) is 5.75 Å². The molecule has 1 fully saturated rings. The van der Waals surface area contributed by atoms with E-state index in [1.165, 1.54) is 24.0 Å². The Morgan fingerprint density at radius 3 is 2.80 bits per heavy atom. The Morgan fingerprint density at radius 2 is 2.10 bits per heavy atom. The molecule has 0 spiro atoms. The van der Waals surface area contributed by atoms with E-state index >= 15 is 0 Å². The van der Waals surface area contributed by atoms with Gasteiger partial charge in [-0.2, -0.15) is 0 Å². The molecule has 0 bridgehead atoms. The van der Waals surface area contributed by atoms with E-state index in [2.05, 4.69) is 31.3 Å². The predicted molar refractivity (Wildman–Crippen MR) is 82.1 cm³/mol. The second kappa shape index (κ2) is 7.09. The zero-order chi connectivity index (χ0) is 14.5. The van der Waals surface area contributed by atoms with Crippen LogP contribution in [0.2, 0.25) is 0 Å². The third kappa shape index (κ3) is 3.74. The number of aliphatic hydroxyl groups is 1. The summed E-state index contributed by atoms with van der Waals surface area (Å²) in [4.78, 5) is 0. The third-order valence-corrected chi connectivity index (χ3v) is 4.41. The standard InChI is InChI=1S/C17H27NO2/c1-12-8-9-17(20-3)15(10-12)13(2)18-11-14-6-4-5-7-16(14)19/h8-10,13-14,16,18-19H,4-7,11H2,1-3H3. The van der Waals surface area contributed by atoms with Crippen LogP contribution in [-0.4, -0.2) is 24.9 Å². The summed E-state index contributed by atoms with van der Waals surface area (Å²) >= 11 is 0. The Morgan fingerprint density at radius 1 is 1.35 bits per heavy atom. The van der Waals surface area contributed by atoms with Crippen LogP contribution in [0.1, 0.15) is 49.8 Å². The van der Waals surface area contributed by atoms with Crippen LogP contribution in [0.3, 0.4) is 0 Å². The van der Waals surface area contributed by atoms with Crippen molar-refractivity contribution in [2.45, 2.75) is 51.7 Å². The van der Waals surface area contributed by atoms with Crippen LogP contribution in [0.15, 0.2) is 18.2 Å². The Balaban J connectivity index is 1.97. The van der Waals surface area contributed by atoms with Crippen molar-refractivity contribution in [1.29, 1.82) is 0 Å². The summed E-state index contributed by atoms with van der Waals surface area (Å²) in [6, 6.07) is 6.51. The molecule has 0 saturated heterocycles. The van der Waals surface area contributed by atoms with Crippen molar-refractivity contribution in [2.75, 3.05) is 13.7 Å². The Kier molecular flexibility index (Phi) is 5.44. The van der Waals surface area contributed by atoms with Crippen LogP contribution in [0.5, 0.6) is 5.75 Å². The number of benzene rings is 1. The number of rotatable bonds is 5. The molecule has 2 rings (SSSR count). The molecule has 3 nitrogen and oxygen atoms in total. The van der Waals surface area contributed by atoms with Gasteiger partial charge < -0.3 is 15.2 Å². The van der Waals surface area contributed by atoms with Crippen molar-refractivity contribution >= 4 is 0 Å². The zero-order valence-electron chi connectivity index (χ0n) is 12.9. The van der Waals surface area contributed by atoms with E-state index in [-0.39, 0.29) is 12.1 Å². The maximum absolute atomic E-state index is 10.0. The van der Waals surface area contributed by atoms with Crippen molar-refractivity contribution in [3.8, 4) is 5.75 Å². The Hall–Kier alpha value is -1.06. The summed E-state index contributed by atoms with van der Waals surface area (Å²) in [5, 5.41) is 13.6. The lowest BCUT2D eigenvalue weighted by atomic mass is 9.86. The molecule has 1 aliphatic rings. The van der Waals surface area contributed by atoms with Crippen LogP contribution < -0.4 is 10.1 Å². The lowest BCUT2D eigenvalue weighted by molar-refractivity contribution is 0.0683. The maximum atomic E-state index is 10.0. The molecule has 0 heterocycles. The van der Waals surface area contributed by atoms with Crippen molar-refractivity contribution in [3.63, 3.8) is 0 Å². The summed E-state index contributed by atoms with van der Waals surface area (Å²) in [7, 11) is 1.71. The molecule has 0 radical (unpaired) electrons. The Bertz CT molecular complexity index is 433. The van der Waals surface area contributed by atoms with Gasteiger partial charge in [-0.05, 0) is 38.7 Å². The summed E-state index contributed by atoms with van der Waals surface area (Å²) in [6.07, 6.45) is 4.35. The fraction of sp³-hybridized carbons (Fsp3) is 0.647. The quantitative estimate of drug-likeness (QED) is 0.868. The van der Waals surface area contributed by atoms with Crippen molar-refractivity contribution in [3.05, 3.63) is 29.3 Å². The average Bonchev–Trinajstić information content (AvgIpc) is 2.46. The van der Waals surface area contributed by atoms with Crippen LogP contribution in [0.25, 0.3) is 0 Å². The number of methoxy groups -OCH3 is 1. The molecule has 1 saturated carbocycles. The summed E-state index contributed by atoms with van der Waals surface area (Å²) < 4.78 is 5.45. The fourth-order valence-electron chi connectivity index (χ4n) is 3.06. The highest BCUT2D eigenvalue weighted by Gasteiger charge is 2.23. The minimum absolute atomic E-state index is 0.136. The van der Waals surface area contributed by atoms with Gasteiger partial charge in [0.15, 0.2) is 0 Å². The van der Waals surface area contributed by atoms with Crippen molar-refractivity contribution < 1.29 is 9.84 Å². The minimum atomic E-state index is -0.136. The first-order chi connectivity index (χ1) is 9.61. The monoisotopic (exact) mass is 277 g/mol. The van der Waals surface area contributed by atoms with Gasteiger partial charge in [-0.15, -0.1) is 0 Å². The lowest BCUT2D eigenvalue weighted by Gasteiger charge is -2.29. The van der Waals surface area contributed by atoms with Gasteiger partial charge in [-0.3, -0.25) is 0 Å². The van der Waals surface area contributed by atoms with E-state index in [0.29, 0.717) is 5.92 Å². The van der Waals surface area contributed by atoms with E-state index in [1.807, 2.05) is 6.07 Å². The predicted octanol–water partition coefficient (Wildman–Crippen LogP) is 3.21. The van der Waals surface area contributed by atoms with Gasteiger partial charge in [-0.1, -0.05) is 30.5 Å². The third-order valence-electron chi connectivity index (χ3n) is 4.41. The average molecular weight is 277 g/mol. The highest BCUT2D eigenvalue weighted by molar-refractivity contribution is 5.38. The van der Waals surface area contributed by atoms with E-state index in [9.17, 15) is 5.11 Å². The first-order valence-corrected chi connectivity index (χ1v) is 7.67. The first kappa shape index (κ1) is 15.3. The second-order valence-corrected chi connectivity index (χ2v) is 5.99. The van der Waals surface area contributed by atoms with Crippen LogP contribution in [0.4, 0.5) is 0 Å². The van der Waals surface area contributed by atoms with Crippen LogP contribution in [-0.2, 0) is 0 Å². The van der Waals surface area contributed by atoms with E-state index in [4.69, 9.17) is 4.74 Å². The molecule has 0 amide bonds. The molecule has 2 N–H and O–H groups in total. The molecule has 112 valence electrons. The fourth-order valence-corrected chi connectivity index (χ4v) is 3.06. The van der Waals surface area contributed by atoms with Gasteiger partial charge in [0.05, 0.1) is 13.2 Å². The first-order valence-electron chi connectivity index (χ1n) is 7.67. The molecule has 1 aromatic carbocycles. The summed E-state index contributed by atoms with van der Waals surface area (Å²) in [5.41, 5.74) is 2.44. The number of hydrogen-bond donors (Lipinski definition) is 2. The minimum Gasteiger partial charge on any atom is -0.496 e. The Labute approximate surface area is 122 Å². The molecule has 1 aliphatic carbocycles. The van der Waals surface area contributed by atoms with Gasteiger partial charge in [-0.25, -0.2) is 0 Å². The largest absolute Gasteiger partial charge is 0.496 e.